The maximum atomic E-state index is 12.0. The molecule has 0 amide bonds. The maximum Gasteiger partial charge on any atom is 0.308 e. The number of aliphatic carboxylic acids is 1. The Morgan fingerprint density at radius 2 is 1.23 bits per heavy atom. The molecular formula is C25H54O4Si2. The minimum Gasteiger partial charge on any atom is -0.481 e. The average Bonchev–Trinajstić information content (AvgIpc) is 2.57. The topological polar surface area (TPSA) is 55.8 Å². The summed E-state index contributed by atoms with van der Waals surface area (Å²) in [7, 11) is -3.98. The molecule has 4 atom stereocenters. The summed E-state index contributed by atoms with van der Waals surface area (Å²) in [5.41, 5.74) is 1.30. The number of carbonyl (C=O) groups is 1. The molecule has 0 aromatic rings. The second kappa shape index (κ2) is 11.8. The van der Waals surface area contributed by atoms with Crippen LogP contribution < -0.4 is 0 Å². The third kappa shape index (κ3) is 7.97. The Kier molecular flexibility index (Phi) is 11.7. The van der Waals surface area contributed by atoms with E-state index in [1.54, 1.807) is 0 Å². The van der Waals surface area contributed by atoms with Crippen LogP contribution in [0.3, 0.4) is 0 Å². The second-order valence-corrected chi connectivity index (χ2v) is 22.4. The van der Waals surface area contributed by atoms with Crippen LogP contribution in [0.25, 0.3) is 0 Å². The van der Waals surface area contributed by atoms with Gasteiger partial charge in [-0.25, -0.2) is 0 Å². The predicted molar refractivity (Wildman–Crippen MR) is 139 cm³/mol. The van der Waals surface area contributed by atoms with Crippen LogP contribution in [0.15, 0.2) is 0 Å². The summed E-state index contributed by atoms with van der Waals surface area (Å²) in [6.45, 7) is 31.1. The number of carboxylic acid groups (broad SMARTS) is 1. The minimum absolute atomic E-state index is 0.166. The van der Waals surface area contributed by atoms with Gasteiger partial charge in [0.15, 0.2) is 8.32 Å². The molecule has 31 heavy (non-hydrogen) atoms. The van der Waals surface area contributed by atoms with Gasteiger partial charge in [-0.2, -0.15) is 0 Å². The average molecular weight is 475 g/mol. The van der Waals surface area contributed by atoms with Gasteiger partial charge in [0.05, 0.1) is 12.0 Å². The lowest BCUT2D eigenvalue weighted by Gasteiger charge is -2.47. The molecule has 0 heterocycles. The van der Waals surface area contributed by atoms with Gasteiger partial charge >= 0.3 is 5.97 Å². The molecule has 4 nitrogen and oxygen atoms in total. The number of carboxylic acids is 1. The zero-order chi connectivity index (χ0) is 24.9. The smallest absolute Gasteiger partial charge is 0.308 e. The Hall–Kier alpha value is -0.176. The Labute approximate surface area is 196 Å². The summed E-state index contributed by atoms with van der Waals surface area (Å²) in [6, 6.07) is 0. The number of rotatable bonds is 13. The van der Waals surface area contributed by atoms with Crippen LogP contribution in [0, 0.1) is 11.8 Å². The first-order valence-corrected chi connectivity index (χ1v) is 17.4. The monoisotopic (exact) mass is 474 g/mol. The first-order chi connectivity index (χ1) is 13.8. The van der Waals surface area contributed by atoms with Crippen LogP contribution in [0.5, 0.6) is 0 Å². The van der Waals surface area contributed by atoms with Crippen molar-refractivity contribution in [1.29, 1.82) is 0 Å². The Morgan fingerprint density at radius 1 is 0.806 bits per heavy atom. The molecule has 0 saturated carbocycles. The molecule has 0 aromatic heterocycles. The van der Waals surface area contributed by atoms with E-state index in [-0.39, 0.29) is 23.2 Å². The summed E-state index contributed by atoms with van der Waals surface area (Å²) in [4.78, 5) is 12.0. The second-order valence-electron chi connectivity index (χ2n) is 12.3. The predicted octanol–water partition coefficient (Wildman–Crippen LogP) is 8.09. The van der Waals surface area contributed by atoms with E-state index in [1.165, 1.54) is 0 Å². The van der Waals surface area contributed by atoms with Gasteiger partial charge in [-0.3, -0.25) is 4.79 Å². The van der Waals surface area contributed by atoms with Gasteiger partial charge in [0.1, 0.15) is 0 Å². The third-order valence-electron chi connectivity index (χ3n) is 7.82. The van der Waals surface area contributed by atoms with Crippen molar-refractivity contribution in [1.82, 2.24) is 0 Å². The summed E-state index contributed by atoms with van der Waals surface area (Å²) in [6.07, 6.45) is 1.75. The van der Waals surface area contributed by atoms with E-state index < -0.39 is 28.5 Å². The van der Waals surface area contributed by atoms with Crippen molar-refractivity contribution in [2.45, 2.75) is 143 Å². The normalized spacial score (nSPS) is 17.8. The fraction of sp³-hybridized carbons (Fsp3) is 0.960. The van der Waals surface area contributed by atoms with E-state index in [1.807, 2.05) is 6.92 Å². The third-order valence-corrected chi connectivity index (χ3v) is 18.5. The van der Waals surface area contributed by atoms with Crippen molar-refractivity contribution in [2.75, 3.05) is 0 Å². The SMILES string of the molecule is CC(C)[Si](O[C@H]([C@H](C)CC[C@@H](C)O[Si](C)(C)C(C)(C)C)[C@H](C)C(=O)O)(C(C)C)C(C)C. The summed E-state index contributed by atoms with van der Waals surface area (Å²) < 4.78 is 13.6. The van der Waals surface area contributed by atoms with E-state index in [4.69, 9.17) is 8.85 Å². The van der Waals surface area contributed by atoms with Crippen molar-refractivity contribution in [2.24, 2.45) is 11.8 Å². The van der Waals surface area contributed by atoms with Crippen LogP contribution in [-0.2, 0) is 13.6 Å². The van der Waals surface area contributed by atoms with Crippen molar-refractivity contribution in [3.05, 3.63) is 0 Å². The van der Waals surface area contributed by atoms with Crippen molar-refractivity contribution in [3.63, 3.8) is 0 Å². The largest absolute Gasteiger partial charge is 0.481 e. The fourth-order valence-electron chi connectivity index (χ4n) is 4.90. The highest BCUT2D eigenvalue weighted by Crippen LogP contribution is 2.45. The zero-order valence-electron chi connectivity index (χ0n) is 23.1. The fourth-order valence-corrected chi connectivity index (χ4v) is 12.1. The summed E-state index contributed by atoms with van der Waals surface area (Å²) in [5.74, 6) is -1.11. The summed E-state index contributed by atoms with van der Waals surface area (Å²) in [5, 5.41) is 10.0. The quantitative estimate of drug-likeness (QED) is 0.274. The molecule has 0 fully saturated rings. The van der Waals surface area contributed by atoms with Crippen LogP contribution >= 0.6 is 0 Å². The van der Waals surface area contributed by atoms with Crippen LogP contribution in [0.2, 0.25) is 34.8 Å². The highest BCUT2D eigenvalue weighted by molar-refractivity contribution is 6.77. The molecule has 6 heteroatoms. The molecule has 0 rings (SSSR count). The number of hydrogen-bond acceptors (Lipinski definition) is 3. The van der Waals surface area contributed by atoms with Gasteiger partial charge < -0.3 is 14.0 Å². The Morgan fingerprint density at radius 3 is 1.55 bits per heavy atom. The van der Waals surface area contributed by atoms with Crippen molar-refractivity contribution in [3.8, 4) is 0 Å². The molecular weight excluding hydrogens is 420 g/mol. The van der Waals surface area contributed by atoms with Gasteiger partial charge in [0, 0.05) is 6.10 Å². The molecule has 0 aliphatic heterocycles. The van der Waals surface area contributed by atoms with Crippen LogP contribution in [0.4, 0.5) is 0 Å². The maximum absolute atomic E-state index is 12.0. The first kappa shape index (κ1) is 30.8. The molecule has 186 valence electrons. The molecule has 0 saturated heterocycles. The highest BCUT2D eigenvalue weighted by Gasteiger charge is 2.48. The number of hydrogen-bond donors (Lipinski definition) is 1. The van der Waals surface area contributed by atoms with Gasteiger partial charge in [0.25, 0.3) is 0 Å². The molecule has 0 spiro atoms. The zero-order valence-corrected chi connectivity index (χ0v) is 25.1. The van der Waals surface area contributed by atoms with Gasteiger partial charge in [0.2, 0.25) is 8.32 Å². The van der Waals surface area contributed by atoms with Crippen LogP contribution in [-0.4, -0.2) is 39.9 Å². The highest BCUT2D eigenvalue weighted by atomic mass is 28.4. The van der Waals surface area contributed by atoms with Gasteiger partial charge in [-0.15, -0.1) is 0 Å². The van der Waals surface area contributed by atoms with Gasteiger partial charge in [-0.05, 0) is 67.4 Å². The molecule has 0 aromatic carbocycles. The molecule has 0 aliphatic rings. The van der Waals surface area contributed by atoms with E-state index in [0.717, 1.165) is 12.8 Å². The summed E-state index contributed by atoms with van der Waals surface area (Å²) >= 11 is 0. The molecule has 0 unspecified atom stereocenters. The Bertz CT molecular complexity index is 530. The van der Waals surface area contributed by atoms with E-state index in [2.05, 4.69) is 89.3 Å². The molecule has 0 bridgehead atoms. The standard InChI is InChI=1S/C25H54O4Si2/c1-17(2)31(18(3)4,19(5)6)29-23(22(9)24(26)27)20(7)15-16-21(8)28-30(13,14)25(10,11)12/h17-23H,15-16H2,1-14H3,(H,26,27)/t20-,21-,22+,23-/m1/s1. The molecule has 1 N–H and O–H groups in total. The van der Waals surface area contributed by atoms with Crippen molar-refractivity contribution < 1.29 is 18.8 Å². The lowest BCUT2D eigenvalue weighted by molar-refractivity contribution is -0.145. The van der Waals surface area contributed by atoms with E-state index in [0.29, 0.717) is 16.6 Å². The van der Waals surface area contributed by atoms with E-state index in [9.17, 15) is 9.90 Å². The Balaban J connectivity index is 5.59. The lowest BCUT2D eigenvalue weighted by Crippen LogP contribution is -2.53. The molecule has 0 aliphatic carbocycles. The first-order valence-electron chi connectivity index (χ1n) is 12.4. The van der Waals surface area contributed by atoms with Gasteiger partial charge in [-0.1, -0.05) is 69.2 Å². The van der Waals surface area contributed by atoms with E-state index >= 15 is 0 Å². The lowest BCUT2D eigenvalue weighted by atomic mass is 9.89. The molecule has 0 radical (unpaired) electrons. The minimum atomic E-state index is -2.17. The van der Waals surface area contributed by atoms with Crippen molar-refractivity contribution >= 4 is 22.6 Å². The van der Waals surface area contributed by atoms with Crippen LogP contribution in [0.1, 0.15) is 95.9 Å².